The Kier molecular flexibility index (Phi) is 5.33. The molecule has 1 aliphatic heterocycles. The zero-order valence-corrected chi connectivity index (χ0v) is 19.5. The van der Waals surface area contributed by atoms with E-state index in [2.05, 4.69) is 10.2 Å². The largest absolute Gasteiger partial charge is 0.376 e. The van der Waals surface area contributed by atoms with Gasteiger partial charge in [-0.1, -0.05) is 20.8 Å². The summed E-state index contributed by atoms with van der Waals surface area (Å²) in [6.45, 7) is 8.74. The maximum atomic E-state index is 12.6. The molecule has 5 aliphatic rings. The van der Waals surface area contributed by atoms with Crippen LogP contribution in [0.4, 0.5) is 17.1 Å². The topological polar surface area (TPSA) is 78.7 Å². The van der Waals surface area contributed by atoms with E-state index in [-0.39, 0.29) is 21.9 Å². The summed E-state index contributed by atoms with van der Waals surface area (Å²) in [4.78, 5) is 28.3. The Hall–Kier alpha value is -2.31. The summed E-state index contributed by atoms with van der Waals surface area (Å²) in [5, 5.41) is 15.4. The van der Waals surface area contributed by atoms with Crippen molar-refractivity contribution in [2.45, 2.75) is 58.9 Å². The van der Waals surface area contributed by atoms with Crippen molar-refractivity contribution in [3.8, 4) is 0 Å². The van der Waals surface area contributed by atoms with Crippen LogP contribution in [0, 0.1) is 39.2 Å². The van der Waals surface area contributed by atoms with Gasteiger partial charge in [0, 0.05) is 49.4 Å². The lowest BCUT2D eigenvalue weighted by atomic mass is 9.54. The predicted octanol–water partition coefficient (Wildman–Crippen LogP) is 4.53. The molecule has 1 heterocycles. The minimum absolute atomic E-state index is 0.170. The van der Waals surface area contributed by atoms with Gasteiger partial charge in [0.2, 0.25) is 5.91 Å². The number of carbonyl (C=O) groups is 1. The summed E-state index contributed by atoms with van der Waals surface area (Å²) in [7, 11) is 0. The lowest BCUT2D eigenvalue weighted by Crippen LogP contribution is -2.52. The number of nitro groups is 1. The lowest BCUT2D eigenvalue weighted by molar-refractivity contribution is -0.384. The molecule has 1 amide bonds. The first kappa shape index (κ1) is 21.5. The van der Waals surface area contributed by atoms with Crippen molar-refractivity contribution in [2.75, 3.05) is 36.4 Å². The third kappa shape index (κ3) is 3.95. The molecular weight excluding hydrogens is 404 g/mol. The third-order valence-electron chi connectivity index (χ3n) is 8.30. The smallest absolute Gasteiger partial charge is 0.292 e. The summed E-state index contributed by atoms with van der Waals surface area (Å²) < 4.78 is 0. The summed E-state index contributed by atoms with van der Waals surface area (Å²) in [6, 6.07) is 5.85. The van der Waals surface area contributed by atoms with Crippen LogP contribution in [0.25, 0.3) is 0 Å². The van der Waals surface area contributed by atoms with Crippen LogP contribution in [0.1, 0.15) is 52.9 Å². The van der Waals surface area contributed by atoms with Gasteiger partial charge in [0.1, 0.15) is 5.69 Å². The fourth-order valence-corrected chi connectivity index (χ4v) is 6.98. The second-order valence-electron chi connectivity index (χ2n) is 11.6. The molecule has 4 aliphatic carbocycles. The Balaban J connectivity index is 1.32. The third-order valence-corrected chi connectivity index (χ3v) is 8.30. The van der Waals surface area contributed by atoms with Gasteiger partial charge in [0.15, 0.2) is 0 Å². The van der Waals surface area contributed by atoms with Crippen LogP contribution < -0.4 is 10.2 Å². The molecule has 1 saturated heterocycles. The van der Waals surface area contributed by atoms with Crippen molar-refractivity contribution < 1.29 is 9.72 Å². The minimum atomic E-state index is -0.370. The predicted molar refractivity (Wildman–Crippen MR) is 126 cm³/mol. The Morgan fingerprint density at radius 2 is 1.59 bits per heavy atom. The van der Waals surface area contributed by atoms with Crippen molar-refractivity contribution in [1.29, 1.82) is 0 Å². The van der Waals surface area contributed by atoms with E-state index in [1.54, 1.807) is 6.07 Å². The number of carbonyl (C=O) groups excluding carboxylic acids is 1. The van der Waals surface area contributed by atoms with E-state index in [0.717, 1.165) is 30.6 Å². The average Bonchev–Trinajstić information content (AvgIpc) is 2.74. The fourth-order valence-electron chi connectivity index (χ4n) is 6.98. The number of rotatable bonds is 4. The van der Waals surface area contributed by atoms with E-state index < -0.39 is 0 Å². The van der Waals surface area contributed by atoms with Crippen LogP contribution in [0.2, 0.25) is 0 Å². The number of hydrogen-bond donors (Lipinski definition) is 1. The van der Waals surface area contributed by atoms with E-state index in [9.17, 15) is 14.9 Å². The van der Waals surface area contributed by atoms with Gasteiger partial charge in [-0.15, -0.1) is 0 Å². The molecule has 0 atom stereocenters. The lowest BCUT2D eigenvalue weighted by Gasteiger charge is -2.54. The van der Waals surface area contributed by atoms with Gasteiger partial charge in [-0.25, -0.2) is 0 Å². The van der Waals surface area contributed by atoms with E-state index in [4.69, 9.17) is 0 Å². The van der Waals surface area contributed by atoms with Crippen LogP contribution in [0.3, 0.4) is 0 Å². The highest BCUT2D eigenvalue weighted by atomic mass is 16.6. The van der Waals surface area contributed by atoms with E-state index in [1.807, 2.05) is 37.8 Å². The number of piperazine rings is 1. The highest BCUT2D eigenvalue weighted by molar-refractivity contribution is 5.82. The van der Waals surface area contributed by atoms with Crippen LogP contribution >= 0.6 is 0 Å². The molecule has 7 nitrogen and oxygen atoms in total. The second kappa shape index (κ2) is 7.92. The van der Waals surface area contributed by atoms with Crippen molar-refractivity contribution >= 4 is 23.0 Å². The number of benzene rings is 1. The van der Waals surface area contributed by atoms with Crippen LogP contribution in [0.15, 0.2) is 18.2 Å². The van der Waals surface area contributed by atoms with Crippen molar-refractivity contribution in [2.24, 2.45) is 29.1 Å². The summed E-state index contributed by atoms with van der Waals surface area (Å²) in [5.74, 6) is 3.25. The second-order valence-corrected chi connectivity index (χ2v) is 11.6. The van der Waals surface area contributed by atoms with E-state index in [0.29, 0.717) is 36.7 Å². The molecule has 1 aromatic rings. The van der Waals surface area contributed by atoms with Gasteiger partial charge in [0.05, 0.1) is 4.92 Å². The molecule has 0 spiro atoms. The Bertz CT molecular complexity index is 873. The van der Waals surface area contributed by atoms with E-state index in [1.165, 1.54) is 32.1 Å². The maximum absolute atomic E-state index is 12.6. The Morgan fingerprint density at radius 1 is 1.00 bits per heavy atom. The van der Waals surface area contributed by atoms with Crippen LogP contribution in [-0.4, -0.2) is 48.0 Å². The molecule has 6 rings (SSSR count). The number of amides is 1. The molecule has 32 heavy (non-hydrogen) atoms. The van der Waals surface area contributed by atoms with Gasteiger partial charge in [-0.3, -0.25) is 14.9 Å². The normalized spacial score (nSPS) is 31.7. The molecule has 4 saturated carbocycles. The standard InChI is InChI=1S/C25H36N4O3/c1-25(2,3)24(30)28-8-6-27(7-9-28)20-4-5-22(29(31)32)21(15-20)26-23-18-11-16-10-17(13-18)14-19(23)12-16/h4-5,15-19,23,26H,6-14H2,1-3H3. The average molecular weight is 441 g/mol. The number of nitro benzene ring substituents is 1. The van der Waals surface area contributed by atoms with Gasteiger partial charge in [-0.2, -0.15) is 0 Å². The summed E-state index contributed by atoms with van der Waals surface area (Å²) >= 11 is 0. The first-order chi connectivity index (χ1) is 15.2. The number of anilines is 2. The molecule has 1 aromatic carbocycles. The van der Waals surface area contributed by atoms with Crippen molar-refractivity contribution in [3.63, 3.8) is 0 Å². The fraction of sp³-hybridized carbons (Fsp3) is 0.720. The van der Waals surface area contributed by atoms with E-state index >= 15 is 0 Å². The molecule has 0 aromatic heterocycles. The highest BCUT2D eigenvalue weighted by Crippen LogP contribution is 2.54. The quantitative estimate of drug-likeness (QED) is 0.550. The zero-order valence-electron chi connectivity index (χ0n) is 19.5. The Morgan fingerprint density at radius 3 is 2.12 bits per heavy atom. The number of nitrogens with one attached hydrogen (secondary N) is 1. The van der Waals surface area contributed by atoms with Gasteiger partial charge >= 0.3 is 0 Å². The molecule has 174 valence electrons. The van der Waals surface area contributed by atoms with Crippen LogP contribution in [-0.2, 0) is 4.79 Å². The molecule has 1 N–H and O–H groups in total. The van der Waals surface area contributed by atoms with Crippen molar-refractivity contribution in [1.82, 2.24) is 4.90 Å². The summed E-state index contributed by atoms with van der Waals surface area (Å²) in [5.41, 5.74) is 1.47. The molecule has 0 unspecified atom stereocenters. The molecular formula is C25H36N4O3. The monoisotopic (exact) mass is 440 g/mol. The number of nitrogens with zero attached hydrogens (tertiary/aromatic N) is 3. The van der Waals surface area contributed by atoms with Gasteiger partial charge in [-0.05, 0) is 67.9 Å². The van der Waals surface area contributed by atoms with Crippen LogP contribution in [0.5, 0.6) is 0 Å². The highest BCUT2D eigenvalue weighted by Gasteiger charge is 2.48. The zero-order chi connectivity index (χ0) is 22.6. The number of hydrogen-bond acceptors (Lipinski definition) is 5. The molecule has 5 fully saturated rings. The van der Waals surface area contributed by atoms with Crippen molar-refractivity contribution in [3.05, 3.63) is 28.3 Å². The summed E-state index contributed by atoms with van der Waals surface area (Å²) in [6.07, 6.45) is 6.52. The first-order valence-corrected chi connectivity index (χ1v) is 12.3. The molecule has 4 bridgehead atoms. The van der Waals surface area contributed by atoms with Gasteiger partial charge < -0.3 is 15.1 Å². The van der Waals surface area contributed by atoms with Gasteiger partial charge in [0.25, 0.3) is 5.69 Å². The Labute approximate surface area is 190 Å². The molecule has 0 radical (unpaired) electrons. The maximum Gasteiger partial charge on any atom is 0.292 e. The minimum Gasteiger partial charge on any atom is -0.376 e. The molecule has 7 heteroatoms. The SMILES string of the molecule is CC(C)(C)C(=O)N1CCN(c2ccc([N+](=O)[O-])c(NC3C4CC5CC(C4)CC3C5)c2)CC1. The first-order valence-electron chi connectivity index (χ1n) is 12.3.